The average molecular weight is 235 g/mol. The lowest BCUT2D eigenvalue weighted by molar-refractivity contribution is -0.120. The molecule has 1 rings (SSSR count). The summed E-state index contributed by atoms with van der Waals surface area (Å²) >= 11 is 0. The van der Waals surface area contributed by atoms with Crippen LogP contribution in [0.5, 0.6) is 0 Å². The molecule has 4 nitrogen and oxygen atoms in total. The fourth-order valence-electron chi connectivity index (χ4n) is 1.73. The van der Waals surface area contributed by atoms with Crippen molar-refractivity contribution < 1.29 is 4.79 Å². The minimum Gasteiger partial charge on any atom is -0.368 e. The van der Waals surface area contributed by atoms with E-state index in [0.29, 0.717) is 6.54 Å². The predicted molar refractivity (Wildman–Crippen MR) is 69.4 cm³/mol. The highest BCUT2D eigenvalue weighted by molar-refractivity contribution is 5.80. The summed E-state index contributed by atoms with van der Waals surface area (Å²) in [5.74, 6) is -0.306. The second-order valence-corrected chi connectivity index (χ2v) is 4.06. The number of nitrogens with zero attached hydrogens (tertiary/aromatic N) is 1. The molecule has 1 atom stereocenters. The first-order valence-corrected chi connectivity index (χ1v) is 5.90. The first kappa shape index (κ1) is 13.7. The van der Waals surface area contributed by atoms with E-state index in [-0.39, 0.29) is 11.9 Å². The van der Waals surface area contributed by atoms with E-state index >= 15 is 0 Å². The monoisotopic (exact) mass is 235 g/mol. The van der Waals surface area contributed by atoms with Crippen LogP contribution in [0, 0.1) is 0 Å². The molecule has 0 saturated heterocycles. The summed E-state index contributed by atoms with van der Waals surface area (Å²) in [5.41, 5.74) is 6.56. The molecule has 0 aliphatic carbocycles. The van der Waals surface area contributed by atoms with Crippen LogP contribution in [0.25, 0.3) is 0 Å². The predicted octanol–water partition coefficient (Wildman–Crippen LogP) is 0.582. The molecule has 4 heteroatoms. The lowest BCUT2D eigenvalue weighted by Crippen LogP contribution is -2.47. The summed E-state index contributed by atoms with van der Waals surface area (Å²) in [4.78, 5) is 13.4. The molecule has 1 aromatic rings. The maximum absolute atomic E-state index is 11.2. The van der Waals surface area contributed by atoms with Crippen molar-refractivity contribution in [2.75, 3.05) is 20.1 Å². The Morgan fingerprint density at radius 2 is 2.06 bits per heavy atom. The van der Waals surface area contributed by atoms with Crippen LogP contribution in [0.15, 0.2) is 30.3 Å². The summed E-state index contributed by atoms with van der Waals surface area (Å²) in [7, 11) is 1.76. The smallest absolute Gasteiger partial charge is 0.235 e. The minimum atomic E-state index is -0.306. The van der Waals surface area contributed by atoms with Crippen LogP contribution in [0.3, 0.4) is 0 Å². The maximum Gasteiger partial charge on any atom is 0.235 e. The van der Waals surface area contributed by atoms with Gasteiger partial charge in [-0.05, 0) is 19.2 Å². The third-order valence-electron chi connectivity index (χ3n) is 2.83. The van der Waals surface area contributed by atoms with Crippen molar-refractivity contribution in [3.8, 4) is 0 Å². The fraction of sp³-hybridized carbons (Fsp3) is 0.462. The largest absolute Gasteiger partial charge is 0.368 e. The lowest BCUT2D eigenvalue weighted by Gasteiger charge is -2.24. The maximum atomic E-state index is 11.2. The van der Waals surface area contributed by atoms with E-state index in [1.54, 1.807) is 7.05 Å². The molecule has 0 aromatic heterocycles. The van der Waals surface area contributed by atoms with E-state index in [9.17, 15) is 4.79 Å². The Morgan fingerprint density at radius 3 is 2.53 bits per heavy atom. The number of amides is 1. The van der Waals surface area contributed by atoms with E-state index in [0.717, 1.165) is 13.1 Å². The number of nitrogens with one attached hydrogen (secondary N) is 1. The molecule has 0 bridgehead atoms. The Labute approximate surface area is 103 Å². The van der Waals surface area contributed by atoms with Gasteiger partial charge in [-0.1, -0.05) is 37.3 Å². The number of rotatable bonds is 7. The number of carbonyl (C=O) groups excluding carboxylic acids is 1. The van der Waals surface area contributed by atoms with Gasteiger partial charge in [0.1, 0.15) is 0 Å². The molecule has 0 radical (unpaired) electrons. The summed E-state index contributed by atoms with van der Waals surface area (Å²) in [6, 6.07) is 9.92. The summed E-state index contributed by atoms with van der Waals surface area (Å²) in [6.07, 6.45) is 0. The van der Waals surface area contributed by atoms with Crippen molar-refractivity contribution in [2.45, 2.75) is 19.5 Å². The Bertz CT molecular complexity index is 340. The molecule has 1 aromatic carbocycles. The standard InChI is InChI=1S/C13H21N3O/c1-3-16(10-12(15-2)13(14)17)9-11-7-5-4-6-8-11/h4-8,12,15H,3,9-10H2,1-2H3,(H2,14,17). The zero-order valence-corrected chi connectivity index (χ0v) is 10.5. The van der Waals surface area contributed by atoms with Gasteiger partial charge < -0.3 is 11.1 Å². The van der Waals surface area contributed by atoms with Crippen molar-refractivity contribution in [3.63, 3.8) is 0 Å². The Balaban J connectivity index is 2.57. The minimum absolute atomic E-state index is 0.293. The molecule has 1 amide bonds. The van der Waals surface area contributed by atoms with Gasteiger partial charge in [-0.3, -0.25) is 9.69 Å². The van der Waals surface area contributed by atoms with Crippen molar-refractivity contribution >= 4 is 5.91 Å². The van der Waals surface area contributed by atoms with Crippen molar-refractivity contribution in [3.05, 3.63) is 35.9 Å². The van der Waals surface area contributed by atoms with Crippen LogP contribution in [0.2, 0.25) is 0 Å². The van der Waals surface area contributed by atoms with Crippen molar-refractivity contribution in [1.82, 2.24) is 10.2 Å². The first-order chi connectivity index (χ1) is 8.17. The second kappa shape index (κ2) is 7.04. The highest BCUT2D eigenvalue weighted by atomic mass is 16.1. The molecule has 0 aliphatic rings. The van der Waals surface area contributed by atoms with Gasteiger partial charge >= 0.3 is 0 Å². The highest BCUT2D eigenvalue weighted by Gasteiger charge is 2.16. The number of carbonyl (C=O) groups is 1. The highest BCUT2D eigenvalue weighted by Crippen LogP contribution is 2.04. The zero-order chi connectivity index (χ0) is 12.7. The molecule has 0 heterocycles. The van der Waals surface area contributed by atoms with Crippen LogP contribution < -0.4 is 11.1 Å². The van der Waals surface area contributed by atoms with Crippen LogP contribution >= 0.6 is 0 Å². The number of nitrogens with two attached hydrogens (primary N) is 1. The molecule has 17 heavy (non-hydrogen) atoms. The third kappa shape index (κ3) is 4.54. The normalized spacial score (nSPS) is 12.6. The van der Waals surface area contributed by atoms with Crippen molar-refractivity contribution in [2.24, 2.45) is 5.73 Å². The van der Waals surface area contributed by atoms with E-state index in [1.807, 2.05) is 18.2 Å². The first-order valence-electron chi connectivity index (χ1n) is 5.90. The van der Waals surface area contributed by atoms with Gasteiger partial charge in [0.15, 0.2) is 0 Å². The van der Waals surface area contributed by atoms with Crippen LogP contribution in [0.1, 0.15) is 12.5 Å². The van der Waals surface area contributed by atoms with Gasteiger partial charge in [0.25, 0.3) is 0 Å². The fourth-order valence-corrected chi connectivity index (χ4v) is 1.73. The quantitative estimate of drug-likeness (QED) is 0.727. The van der Waals surface area contributed by atoms with Gasteiger partial charge in [0.05, 0.1) is 6.04 Å². The Hall–Kier alpha value is -1.39. The Morgan fingerprint density at radius 1 is 1.41 bits per heavy atom. The molecular weight excluding hydrogens is 214 g/mol. The van der Waals surface area contributed by atoms with Crippen LogP contribution in [0.4, 0.5) is 0 Å². The van der Waals surface area contributed by atoms with Gasteiger partial charge in [-0.25, -0.2) is 0 Å². The average Bonchev–Trinajstić information content (AvgIpc) is 2.35. The third-order valence-corrected chi connectivity index (χ3v) is 2.83. The molecule has 1 unspecified atom stereocenters. The second-order valence-electron chi connectivity index (χ2n) is 4.06. The molecule has 0 aliphatic heterocycles. The Kier molecular flexibility index (Phi) is 5.66. The molecular formula is C13H21N3O. The SMILES string of the molecule is CCN(Cc1ccccc1)CC(NC)C(N)=O. The van der Waals surface area contributed by atoms with Crippen LogP contribution in [-0.4, -0.2) is 37.0 Å². The van der Waals surface area contributed by atoms with E-state index in [4.69, 9.17) is 5.73 Å². The summed E-state index contributed by atoms with van der Waals surface area (Å²) < 4.78 is 0. The molecule has 0 spiro atoms. The van der Waals surface area contributed by atoms with E-state index in [1.165, 1.54) is 5.56 Å². The van der Waals surface area contributed by atoms with Gasteiger partial charge in [-0.15, -0.1) is 0 Å². The summed E-state index contributed by atoms with van der Waals surface area (Å²) in [5, 5.41) is 2.94. The molecule has 0 fully saturated rings. The van der Waals surface area contributed by atoms with Gasteiger partial charge in [0, 0.05) is 13.1 Å². The molecule has 3 N–H and O–H groups in total. The van der Waals surface area contributed by atoms with Gasteiger partial charge in [-0.2, -0.15) is 0 Å². The number of hydrogen-bond donors (Lipinski definition) is 2. The lowest BCUT2D eigenvalue weighted by atomic mass is 10.2. The number of benzene rings is 1. The number of likely N-dealkylation sites (N-methyl/N-ethyl adjacent to an activating group) is 2. The zero-order valence-electron chi connectivity index (χ0n) is 10.5. The van der Waals surface area contributed by atoms with Crippen LogP contribution in [-0.2, 0) is 11.3 Å². The van der Waals surface area contributed by atoms with E-state index in [2.05, 4.69) is 29.3 Å². The topological polar surface area (TPSA) is 58.4 Å². The van der Waals surface area contributed by atoms with Gasteiger partial charge in [0.2, 0.25) is 5.91 Å². The number of primary amides is 1. The van der Waals surface area contributed by atoms with Crippen molar-refractivity contribution in [1.29, 1.82) is 0 Å². The van der Waals surface area contributed by atoms with E-state index < -0.39 is 0 Å². The molecule has 0 saturated carbocycles. The summed E-state index contributed by atoms with van der Waals surface area (Å²) in [6.45, 7) is 4.44. The number of hydrogen-bond acceptors (Lipinski definition) is 3. The molecule has 94 valence electrons.